The zero-order valence-electron chi connectivity index (χ0n) is 16.7. The van der Waals surface area contributed by atoms with Gasteiger partial charge in [0.15, 0.2) is 5.96 Å². The van der Waals surface area contributed by atoms with Crippen molar-refractivity contribution in [1.82, 2.24) is 20.2 Å². The van der Waals surface area contributed by atoms with Gasteiger partial charge in [-0.25, -0.2) is 9.98 Å². The van der Waals surface area contributed by atoms with Crippen LogP contribution in [0.1, 0.15) is 29.2 Å². The first kappa shape index (κ1) is 21.4. The van der Waals surface area contributed by atoms with Crippen molar-refractivity contribution in [3.05, 3.63) is 89.5 Å². The largest absolute Gasteiger partial charge is 0.416 e. The molecule has 158 valence electrons. The number of nitrogens with one attached hydrogen (secondary N) is 2. The van der Waals surface area contributed by atoms with Crippen LogP contribution in [0.2, 0.25) is 0 Å². The Bertz CT molecular complexity index is 948. The first-order chi connectivity index (χ1) is 14.4. The van der Waals surface area contributed by atoms with Crippen LogP contribution in [0.4, 0.5) is 13.2 Å². The first-order valence-electron chi connectivity index (χ1n) is 9.66. The molecule has 0 atom stereocenters. The van der Waals surface area contributed by atoms with Crippen molar-refractivity contribution in [1.29, 1.82) is 0 Å². The van der Waals surface area contributed by atoms with E-state index in [-0.39, 0.29) is 6.54 Å². The molecule has 30 heavy (non-hydrogen) atoms. The summed E-state index contributed by atoms with van der Waals surface area (Å²) >= 11 is 0. The van der Waals surface area contributed by atoms with Crippen molar-refractivity contribution in [3.63, 3.8) is 0 Å². The van der Waals surface area contributed by atoms with E-state index in [1.807, 2.05) is 29.8 Å². The molecule has 0 amide bonds. The SMILES string of the molecule is CCNC(=NCc1cccc(C(F)(F)F)c1)NCc1ccc(Cn2ccnc2)cc1. The van der Waals surface area contributed by atoms with Gasteiger partial charge in [0.05, 0.1) is 18.4 Å². The van der Waals surface area contributed by atoms with Crippen LogP contribution in [0.3, 0.4) is 0 Å². The molecule has 0 bridgehead atoms. The molecule has 0 saturated carbocycles. The van der Waals surface area contributed by atoms with Gasteiger partial charge in [-0.2, -0.15) is 13.2 Å². The molecule has 0 radical (unpaired) electrons. The third-order valence-corrected chi connectivity index (χ3v) is 4.43. The highest BCUT2D eigenvalue weighted by atomic mass is 19.4. The summed E-state index contributed by atoms with van der Waals surface area (Å²) in [5, 5.41) is 6.33. The molecule has 0 unspecified atom stereocenters. The van der Waals surface area contributed by atoms with Gasteiger partial charge >= 0.3 is 6.18 Å². The molecule has 3 aromatic rings. The lowest BCUT2D eigenvalue weighted by Gasteiger charge is -2.12. The van der Waals surface area contributed by atoms with E-state index in [9.17, 15) is 13.2 Å². The Labute approximate surface area is 173 Å². The van der Waals surface area contributed by atoms with Gasteiger partial charge in [-0.1, -0.05) is 36.4 Å². The zero-order valence-corrected chi connectivity index (χ0v) is 16.7. The smallest absolute Gasteiger partial charge is 0.357 e. The molecular formula is C22H24F3N5. The lowest BCUT2D eigenvalue weighted by atomic mass is 10.1. The third kappa shape index (κ3) is 6.37. The Hall–Kier alpha value is -3.29. The number of guanidine groups is 1. The summed E-state index contributed by atoms with van der Waals surface area (Å²) in [6.45, 7) is 4.06. The maximum atomic E-state index is 12.9. The number of halogens is 3. The van der Waals surface area contributed by atoms with E-state index < -0.39 is 11.7 Å². The number of hydrogen-bond donors (Lipinski definition) is 2. The Balaban J connectivity index is 1.58. The van der Waals surface area contributed by atoms with Crippen molar-refractivity contribution in [3.8, 4) is 0 Å². The van der Waals surface area contributed by atoms with Crippen molar-refractivity contribution in [2.24, 2.45) is 4.99 Å². The Morgan fingerprint density at radius 1 is 1.03 bits per heavy atom. The second-order valence-corrected chi connectivity index (χ2v) is 6.80. The van der Waals surface area contributed by atoms with E-state index in [1.165, 1.54) is 11.6 Å². The average Bonchev–Trinajstić information content (AvgIpc) is 3.24. The molecule has 1 heterocycles. The van der Waals surface area contributed by atoms with E-state index >= 15 is 0 Å². The number of nitrogens with zero attached hydrogens (tertiary/aromatic N) is 3. The molecule has 0 spiro atoms. The van der Waals surface area contributed by atoms with E-state index in [1.54, 1.807) is 18.6 Å². The van der Waals surface area contributed by atoms with E-state index in [2.05, 4.69) is 32.7 Å². The van der Waals surface area contributed by atoms with E-state index in [4.69, 9.17) is 0 Å². The standard InChI is InChI=1S/C22H24F3N5/c1-2-27-21(29-14-19-4-3-5-20(12-19)22(23,24)25)28-13-17-6-8-18(9-7-17)15-30-11-10-26-16-30/h3-12,16H,2,13-15H2,1H3,(H2,27,28,29). The van der Waals surface area contributed by atoms with E-state index in [0.717, 1.165) is 24.2 Å². The first-order valence-corrected chi connectivity index (χ1v) is 9.66. The van der Waals surface area contributed by atoms with Crippen molar-refractivity contribution in [2.75, 3.05) is 6.54 Å². The predicted molar refractivity (Wildman–Crippen MR) is 111 cm³/mol. The van der Waals surface area contributed by atoms with Crippen LogP contribution in [0.25, 0.3) is 0 Å². The molecule has 5 nitrogen and oxygen atoms in total. The van der Waals surface area contributed by atoms with Gasteiger partial charge in [0.25, 0.3) is 0 Å². The molecule has 2 N–H and O–H groups in total. The van der Waals surface area contributed by atoms with Crippen LogP contribution in [0.15, 0.2) is 72.2 Å². The number of imidazole rings is 1. The minimum Gasteiger partial charge on any atom is -0.357 e. The minimum absolute atomic E-state index is 0.156. The topological polar surface area (TPSA) is 54.2 Å². The highest BCUT2D eigenvalue weighted by Crippen LogP contribution is 2.29. The normalized spacial score (nSPS) is 12.1. The van der Waals surface area contributed by atoms with Crippen LogP contribution < -0.4 is 10.6 Å². The summed E-state index contributed by atoms with van der Waals surface area (Å²) in [6.07, 6.45) is 1.09. The summed E-state index contributed by atoms with van der Waals surface area (Å²) in [4.78, 5) is 8.44. The van der Waals surface area contributed by atoms with Gasteiger partial charge in [0.1, 0.15) is 0 Å². The predicted octanol–water partition coefficient (Wildman–Crippen LogP) is 4.21. The van der Waals surface area contributed by atoms with Crippen molar-refractivity contribution >= 4 is 5.96 Å². The van der Waals surface area contributed by atoms with Gasteiger partial charge in [-0.3, -0.25) is 0 Å². The molecule has 0 aliphatic rings. The Morgan fingerprint density at radius 2 is 1.80 bits per heavy atom. The second-order valence-electron chi connectivity index (χ2n) is 6.80. The number of hydrogen-bond acceptors (Lipinski definition) is 2. The zero-order chi connectivity index (χ0) is 21.4. The molecule has 1 aromatic heterocycles. The summed E-state index contributed by atoms with van der Waals surface area (Å²) in [6, 6.07) is 13.4. The molecule has 0 aliphatic heterocycles. The van der Waals surface area contributed by atoms with E-state index in [0.29, 0.717) is 24.6 Å². The maximum Gasteiger partial charge on any atom is 0.416 e. The quantitative estimate of drug-likeness (QED) is 0.449. The summed E-state index contributed by atoms with van der Waals surface area (Å²) in [5.74, 6) is 0.553. The molecule has 8 heteroatoms. The van der Waals surface area contributed by atoms with Crippen molar-refractivity contribution in [2.45, 2.75) is 32.7 Å². The molecule has 0 fully saturated rings. The molecule has 0 aliphatic carbocycles. The van der Waals surface area contributed by atoms with Crippen molar-refractivity contribution < 1.29 is 13.2 Å². The van der Waals surface area contributed by atoms with Gasteiger partial charge in [0, 0.05) is 32.0 Å². The monoisotopic (exact) mass is 415 g/mol. The number of alkyl halides is 3. The number of aromatic nitrogens is 2. The van der Waals surface area contributed by atoms with Crippen LogP contribution in [0, 0.1) is 0 Å². The van der Waals surface area contributed by atoms with Crippen LogP contribution >= 0.6 is 0 Å². The summed E-state index contributed by atoms with van der Waals surface area (Å²) < 4.78 is 40.6. The number of aliphatic imine (C=N–C) groups is 1. The molecule has 0 saturated heterocycles. The van der Waals surface area contributed by atoms with Crippen LogP contribution in [-0.2, 0) is 25.8 Å². The van der Waals surface area contributed by atoms with Gasteiger partial charge in [0.2, 0.25) is 0 Å². The summed E-state index contributed by atoms with van der Waals surface area (Å²) in [7, 11) is 0. The number of benzene rings is 2. The fourth-order valence-electron chi connectivity index (χ4n) is 2.90. The van der Waals surface area contributed by atoms with Crippen LogP contribution in [-0.4, -0.2) is 22.1 Å². The number of rotatable bonds is 7. The highest BCUT2D eigenvalue weighted by Gasteiger charge is 2.30. The fourth-order valence-corrected chi connectivity index (χ4v) is 2.90. The minimum atomic E-state index is -4.35. The lowest BCUT2D eigenvalue weighted by Crippen LogP contribution is -2.36. The van der Waals surface area contributed by atoms with Gasteiger partial charge < -0.3 is 15.2 Å². The molecule has 3 rings (SSSR count). The highest BCUT2D eigenvalue weighted by molar-refractivity contribution is 5.79. The molecular weight excluding hydrogens is 391 g/mol. The Morgan fingerprint density at radius 3 is 2.47 bits per heavy atom. The lowest BCUT2D eigenvalue weighted by molar-refractivity contribution is -0.137. The molecule has 2 aromatic carbocycles. The second kappa shape index (κ2) is 9.96. The van der Waals surface area contributed by atoms with Gasteiger partial charge in [-0.05, 0) is 35.7 Å². The fraction of sp³-hybridized carbons (Fsp3) is 0.273. The average molecular weight is 415 g/mol. The summed E-state index contributed by atoms with van der Waals surface area (Å²) in [5.41, 5.74) is 2.09. The van der Waals surface area contributed by atoms with Crippen LogP contribution in [0.5, 0.6) is 0 Å². The maximum absolute atomic E-state index is 12.9. The van der Waals surface area contributed by atoms with Gasteiger partial charge in [-0.15, -0.1) is 0 Å². The third-order valence-electron chi connectivity index (χ3n) is 4.43. The Kier molecular flexibility index (Phi) is 7.11.